The second kappa shape index (κ2) is 5.20. The van der Waals surface area contributed by atoms with E-state index in [-0.39, 0.29) is 6.61 Å². The summed E-state index contributed by atoms with van der Waals surface area (Å²) in [4.78, 5) is 0. The van der Waals surface area contributed by atoms with Gasteiger partial charge in [0.25, 0.3) is 0 Å². The van der Waals surface area contributed by atoms with Crippen LogP contribution in [-0.2, 0) is 0 Å². The Morgan fingerprint density at radius 1 is 1.54 bits per heavy atom. The van der Waals surface area contributed by atoms with E-state index in [2.05, 4.69) is 11.6 Å². The van der Waals surface area contributed by atoms with Crippen LogP contribution in [0.4, 0.5) is 0 Å². The van der Waals surface area contributed by atoms with Crippen LogP contribution in [0.25, 0.3) is 0 Å². The normalized spacial score (nSPS) is 22.4. The molecule has 0 heterocycles. The van der Waals surface area contributed by atoms with Crippen molar-refractivity contribution in [2.24, 2.45) is 0 Å². The smallest absolute Gasteiger partial charge is 0.0894 e. The third-order valence-electron chi connectivity index (χ3n) is 2.74. The van der Waals surface area contributed by atoms with Crippen LogP contribution in [0, 0.1) is 0 Å². The van der Waals surface area contributed by atoms with Gasteiger partial charge in [0.15, 0.2) is 0 Å². The summed E-state index contributed by atoms with van der Waals surface area (Å²) in [5, 5.41) is 20.9. The second-order valence-corrected chi connectivity index (χ2v) is 4.98. The molecule has 1 saturated carbocycles. The summed E-state index contributed by atoms with van der Waals surface area (Å²) in [6, 6.07) is 0. The Balaban J connectivity index is 2.10. The van der Waals surface area contributed by atoms with Gasteiger partial charge in [-0.15, -0.1) is 0 Å². The van der Waals surface area contributed by atoms with Crippen molar-refractivity contribution < 1.29 is 10.2 Å². The lowest BCUT2D eigenvalue weighted by atomic mass is 9.84. The van der Waals surface area contributed by atoms with E-state index < -0.39 is 6.10 Å². The molecule has 1 fully saturated rings. The third kappa shape index (κ3) is 3.13. The molecular weight excluding hydrogens is 186 g/mol. The maximum Gasteiger partial charge on any atom is 0.0894 e. The minimum absolute atomic E-state index is 0.154. The quantitative estimate of drug-likeness (QED) is 0.580. The summed E-state index contributed by atoms with van der Waals surface area (Å²) in [6.07, 6.45) is 5.40. The molecular formula is C9H19NO2S. The molecule has 3 N–H and O–H groups in total. The SMILES string of the molecule is CSC1(CNCC(O)CO)CCC1. The van der Waals surface area contributed by atoms with Gasteiger partial charge in [0, 0.05) is 17.8 Å². The fourth-order valence-electron chi connectivity index (χ4n) is 1.56. The molecule has 1 rings (SSSR count). The molecule has 0 radical (unpaired) electrons. The van der Waals surface area contributed by atoms with Gasteiger partial charge < -0.3 is 15.5 Å². The lowest BCUT2D eigenvalue weighted by Crippen LogP contribution is -2.45. The van der Waals surface area contributed by atoms with Gasteiger partial charge >= 0.3 is 0 Å². The summed E-state index contributed by atoms with van der Waals surface area (Å²) in [6.45, 7) is 1.29. The van der Waals surface area contributed by atoms with Crippen LogP contribution in [-0.4, -0.2) is 47.0 Å². The standard InChI is InChI=1S/C9H19NO2S/c1-13-9(3-2-4-9)7-10-5-8(12)6-11/h8,10-12H,2-7H2,1H3. The van der Waals surface area contributed by atoms with Gasteiger partial charge in [-0.25, -0.2) is 0 Å². The minimum Gasteiger partial charge on any atom is -0.394 e. The van der Waals surface area contributed by atoms with Crippen molar-refractivity contribution in [2.75, 3.05) is 26.0 Å². The number of nitrogens with one attached hydrogen (secondary N) is 1. The Morgan fingerprint density at radius 3 is 2.62 bits per heavy atom. The topological polar surface area (TPSA) is 52.5 Å². The molecule has 3 nitrogen and oxygen atoms in total. The summed E-state index contributed by atoms with van der Waals surface area (Å²) >= 11 is 1.91. The monoisotopic (exact) mass is 205 g/mol. The number of aliphatic hydroxyl groups excluding tert-OH is 2. The molecule has 0 aromatic carbocycles. The number of hydrogen-bond donors (Lipinski definition) is 3. The Kier molecular flexibility index (Phi) is 4.52. The lowest BCUT2D eigenvalue weighted by molar-refractivity contribution is 0.0931. The van der Waals surface area contributed by atoms with Crippen molar-refractivity contribution in [3.63, 3.8) is 0 Å². The van der Waals surface area contributed by atoms with Crippen LogP contribution < -0.4 is 5.32 Å². The lowest BCUT2D eigenvalue weighted by Gasteiger charge is -2.40. The zero-order valence-corrected chi connectivity index (χ0v) is 8.94. The van der Waals surface area contributed by atoms with Crippen molar-refractivity contribution in [3.8, 4) is 0 Å². The van der Waals surface area contributed by atoms with Gasteiger partial charge in [-0.2, -0.15) is 11.8 Å². The summed E-state index contributed by atoms with van der Waals surface area (Å²) in [5.74, 6) is 0. The van der Waals surface area contributed by atoms with Gasteiger partial charge in [-0.05, 0) is 19.1 Å². The first kappa shape index (κ1) is 11.3. The van der Waals surface area contributed by atoms with Crippen molar-refractivity contribution in [1.29, 1.82) is 0 Å². The molecule has 1 atom stereocenters. The Labute approximate surface area is 83.9 Å². The van der Waals surface area contributed by atoms with Crippen LogP contribution in [0.15, 0.2) is 0 Å². The van der Waals surface area contributed by atoms with Gasteiger partial charge in [0.05, 0.1) is 12.7 Å². The Bertz CT molecular complexity index is 145. The van der Waals surface area contributed by atoms with E-state index in [0.717, 1.165) is 6.54 Å². The minimum atomic E-state index is -0.612. The molecule has 0 amide bonds. The summed E-state index contributed by atoms with van der Waals surface area (Å²) < 4.78 is 0.412. The number of aliphatic hydroxyl groups is 2. The highest BCUT2D eigenvalue weighted by Crippen LogP contribution is 2.42. The molecule has 0 bridgehead atoms. The fourth-order valence-corrected chi connectivity index (χ4v) is 2.50. The highest BCUT2D eigenvalue weighted by molar-refractivity contribution is 8.00. The molecule has 78 valence electrons. The van der Waals surface area contributed by atoms with Crippen LogP contribution in [0.1, 0.15) is 19.3 Å². The first-order chi connectivity index (χ1) is 6.22. The van der Waals surface area contributed by atoms with Crippen molar-refractivity contribution in [1.82, 2.24) is 5.32 Å². The van der Waals surface area contributed by atoms with Gasteiger partial charge in [0.1, 0.15) is 0 Å². The zero-order chi connectivity index (χ0) is 9.73. The highest BCUT2D eigenvalue weighted by Gasteiger charge is 2.35. The van der Waals surface area contributed by atoms with E-state index in [1.807, 2.05) is 11.8 Å². The van der Waals surface area contributed by atoms with Crippen LogP contribution >= 0.6 is 11.8 Å². The fraction of sp³-hybridized carbons (Fsp3) is 1.00. The van der Waals surface area contributed by atoms with E-state index >= 15 is 0 Å². The summed E-state index contributed by atoms with van der Waals surface area (Å²) in [5.41, 5.74) is 0. The predicted molar refractivity (Wildman–Crippen MR) is 56.1 cm³/mol. The summed E-state index contributed by atoms with van der Waals surface area (Å²) in [7, 11) is 0. The van der Waals surface area contributed by atoms with E-state index in [4.69, 9.17) is 10.2 Å². The maximum absolute atomic E-state index is 9.10. The van der Waals surface area contributed by atoms with E-state index in [1.54, 1.807) is 0 Å². The third-order valence-corrected chi connectivity index (χ3v) is 4.15. The Morgan fingerprint density at radius 2 is 2.23 bits per heavy atom. The highest BCUT2D eigenvalue weighted by atomic mass is 32.2. The molecule has 0 spiro atoms. The van der Waals surface area contributed by atoms with Crippen LogP contribution in [0.2, 0.25) is 0 Å². The molecule has 0 saturated heterocycles. The van der Waals surface area contributed by atoms with E-state index in [0.29, 0.717) is 11.3 Å². The average Bonchev–Trinajstić information content (AvgIpc) is 2.09. The van der Waals surface area contributed by atoms with Crippen molar-refractivity contribution >= 4 is 11.8 Å². The van der Waals surface area contributed by atoms with Crippen molar-refractivity contribution in [2.45, 2.75) is 30.1 Å². The molecule has 1 unspecified atom stereocenters. The first-order valence-corrected chi connectivity index (χ1v) is 6.00. The average molecular weight is 205 g/mol. The molecule has 0 aromatic heterocycles. The largest absolute Gasteiger partial charge is 0.394 e. The van der Waals surface area contributed by atoms with Gasteiger partial charge in [-0.1, -0.05) is 6.42 Å². The van der Waals surface area contributed by atoms with Crippen LogP contribution in [0.3, 0.4) is 0 Å². The van der Waals surface area contributed by atoms with Gasteiger partial charge in [-0.3, -0.25) is 0 Å². The molecule has 0 aromatic rings. The van der Waals surface area contributed by atoms with Gasteiger partial charge in [0.2, 0.25) is 0 Å². The number of hydrogen-bond acceptors (Lipinski definition) is 4. The molecule has 13 heavy (non-hydrogen) atoms. The zero-order valence-electron chi connectivity index (χ0n) is 8.12. The molecule has 1 aliphatic rings. The number of rotatable bonds is 6. The molecule has 1 aliphatic carbocycles. The predicted octanol–water partition coefficient (Wildman–Crippen LogP) is 0.215. The first-order valence-electron chi connectivity index (χ1n) is 4.77. The molecule has 0 aliphatic heterocycles. The maximum atomic E-state index is 9.10. The second-order valence-electron chi connectivity index (χ2n) is 3.71. The van der Waals surface area contributed by atoms with E-state index in [9.17, 15) is 0 Å². The van der Waals surface area contributed by atoms with E-state index in [1.165, 1.54) is 19.3 Å². The Hall–Kier alpha value is 0.230. The van der Waals surface area contributed by atoms with Crippen LogP contribution in [0.5, 0.6) is 0 Å². The number of thioether (sulfide) groups is 1. The van der Waals surface area contributed by atoms with Crippen molar-refractivity contribution in [3.05, 3.63) is 0 Å². The molecule has 4 heteroatoms.